The highest BCUT2D eigenvalue weighted by molar-refractivity contribution is 5.67. The van der Waals surface area contributed by atoms with Gasteiger partial charge in [-0.3, -0.25) is 0 Å². The Morgan fingerprint density at radius 2 is 2.21 bits per heavy atom. The molecule has 0 fully saturated rings. The third kappa shape index (κ3) is 3.68. The Bertz CT molecular complexity index is 534. The third-order valence-electron chi connectivity index (χ3n) is 3.35. The zero-order chi connectivity index (χ0) is 13.7. The van der Waals surface area contributed by atoms with Gasteiger partial charge in [-0.2, -0.15) is 0 Å². The van der Waals surface area contributed by atoms with E-state index in [-0.39, 0.29) is 5.82 Å². The molecule has 0 atom stereocenters. The molecule has 2 rings (SSSR count). The highest BCUT2D eigenvalue weighted by Gasteiger charge is 2.11. The molecule has 1 aliphatic heterocycles. The lowest BCUT2D eigenvalue weighted by molar-refractivity contribution is 0.370. The van der Waals surface area contributed by atoms with Crippen LogP contribution in [0.3, 0.4) is 0 Å². The summed E-state index contributed by atoms with van der Waals surface area (Å²) in [5, 5.41) is 0. The van der Waals surface area contributed by atoms with Crippen molar-refractivity contribution in [3.63, 3.8) is 0 Å². The Balaban J connectivity index is 2.18. The Morgan fingerprint density at radius 1 is 1.37 bits per heavy atom. The lowest BCUT2D eigenvalue weighted by Crippen LogP contribution is -2.23. The third-order valence-corrected chi connectivity index (χ3v) is 3.35. The predicted octanol–water partition coefficient (Wildman–Crippen LogP) is 3.70. The van der Waals surface area contributed by atoms with Crippen molar-refractivity contribution in [2.24, 2.45) is 0 Å². The van der Waals surface area contributed by atoms with Crippen LogP contribution in [0.1, 0.15) is 37.3 Å². The van der Waals surface area contributed by atoms with Crippen molar-refractivity contribution >= 4 is 5.57 Å². The minimum Gasteiger partial charge on any atom is -0.302 e. The van der Waals surface area contributed by atoms with E-state index in [0.29, 0.717) is 5.56 Å². The summed E-state index contributed by atoms with van der Waals surface area (Å²) in [7, 11) is 2.10. The second-order valence-corrected chi connectivity index (χ2v) is 4.99. The van der Waals surface area contributed by atoms with Gasteiger partial charge in [-0.1, -0.05) is 30.9 Å². The molecule has 1 aromatic rings. The summed E-state index contributed by atoms with van der Waals surface area (Å²) < 4.78 is 14.0. The fourth-order valence-electron chi connectivity index (χ4n) is 2.13. The summed E-state index contributed by atoms with van der Waals surface area (Å²) in [6.45, 7) is 4.04. The summed E-state index contributed by atoms with van der Waals surface area (Å²) in [5.41, 5.74) is 2.74. The average molecular weight is 257 g/mol. The van der Waals surface area contributed by atoms with E-state index in [1.807, 2.05) is 6.07 Å². The van der Waals surface area contributed by atoms with Crippen molar-refractivity contribution in [3.05, 3.63) is 41.2 Å². The van der Waals surface area contributed by atoms with Crippen molar-refractivity contribution in [2.45, 2.75) is 26.2 Å². The van der Waals surface area contributed by atoms with E-state index in [0.717, 1.165) is 37.9 Å². The van der Waals surface area contributed by atoms with E-state index >= 15 is 0 Å². The van der Waals surface area contributed by atoms with Crippen LogP contribution in [0.25, 0.3) is 5.57 Å². The lowest BCUT2D eigenvalue weighted by Gasteiger charge is -2.22. The van der Waals surface area contributed by atoms with Crippen LogP contribution in [0.5, 0.6) is 0 Å². The highest BCUT2D eigenvalue weighted by atomic mass is 19.1. The first-order chi connectivity index (χ1) is 9.20. The van der Waals surface area contributed by atoms with Crippen molar-refractivity contribution in [1.82, 2.24) is 4.90 Å². The molecule has 1 heterocycles. The molecule has 0 aliphatic carbocycles. The van der Waals surface area contributed by atoms with Gasteiger partial charge in [-0.25, -0.2) is 4.39 Å². The van der Waals surface area contributed by atoms with Gasteiger partial charge < -0.3 is 4.90 Å². The Labute approximate surface area is 115 Å². The Hall–Kier alpha value is -1.59. The van der Waals surface area contributed by atoms with Crippen molar-refractivity contribution < 1.29 is 4.39 Å². The minimum absolute atomic E-state index is 0.207. The molecule has 19 heavy (non-hydrogen) atoms. The van der Waals surface area contributed by atoms with E-state index in [4.69, 9.17) is 0 Å². The van der Waals surface area contributed by atoms with Gasteiger partial charge in [0.1, 0.15) is 5.82 Å². The summed E-state index contributed by atoms with van der Waals surface area (Å²) >= 11 is 0. The van der Waals surface area contributed by atoms with Crippen LogP contribution in [0.2, 0.25) is 0 Å². The van der Waals surface area contributed by atoms with Gasteiger partial charge >= 0.3 is 0 Å². The number of unbranched alkanes of at least 4 members (excludes halogenated alkanes) is 1. The number of hydrogen-bond donors (Lipinski definition) is 0. The molecule has 0 N–H and O–H groups in total. The fraction of sp³-hybridized carbons (Fsp3) is 0.412. The van der Waals surface area contributed by atoms with Crippen molar-refractivity contribution in [1.29, 1.82) is 0 Å². The zero-order valence-electron chi connectivity index (χ0n) is 11.7. The average Bonchev–Trinajstić information content (AvgIpc) is 2.42. The van der Waals surface area contributed by atoms with Crippen LogP contribution < -0.4 is 0 Å². The lowest BCUT2D eigenvalue weighted by atomic mass is 9.98. The van der Waals surface area contributed by atoms with E-state index in [1.165, 1.54) is 5.57 Å². The molecule has 1 aliphatic rings. The normalized spacial score (nSPS) is 15.6. The molecular formula is C17H20FN. The Kier molecular flexibility index (Phi) is 4.76. The standard InChI is InChI=1S/C17H20FN/c1-3-4-5-6-15-7-8-16(13-17(15)18)14-9-11-19(2)12-10-14/h7-9,13H,3-4,10-12H2,1-2H3. The zero-order valence-corrected chi connectivity index (χ0v) is 11.7. The number of nitrogens with zero attached hydrogens (tertiary/aromatic N) is 1. The molecule has 0 spiro atoms. The first-order valence-electron chi connectivity index (χ1n) is 6.87. The van der Waals surface area contributed by atoms with E-state index in [2.05, 4.69) is 36.8 Å². The molecule has 1 nitrogen and oxygen atoms in total. The molecule has 0 saturated heterocycles. The number of hydrogen-bond acceptors (Lipinski definition) is 1. The molecule has 1 aromatic carbocycles. The first kappa shape index (κ1) is 13.8. The SMILES string of the molecule is CCCC#Cc1ccc(C2=CCN(C)CC2)cc1F. The number of likely N-dealkylation sites (N-methyl/N-ethyl adjacent to an activating group) is 1. The smallest absolute Gasteiger partial charge is 0.139 e. The van der Waals surface area contributed by atoms with Gasteiger partial charge in [0, 0.05) is 19.5 Å². The molecule has 0 unspecified atom stereocenters. The van der Waals surface area contributed by atoms with Crippen LogP contribution in [0.4, 0.5) is 4.39 Å². The van der Waals surface area contributed by atoms with Crippen LogP contribution >= 0.6 is 0 Å². The van der Waals surface area contributed by atoms with Crippen LogP contribution in [-0.4, -0.2) is 25.0 Å². The molecule has 0 amide bonds. The number of rotatable bonds is 2. The molecule has 0 aromatic heterocycles. The molecule has 2 heteroatoms. The van der Waals surface area contributed by atoms with E-state index in [9.17, 15) is 4.39 Å². The van der Waals surface area contributed by atoms with Crippen molar-refractivity contribution in [2.75, 3.05) is 20.1 Å². The summed E-state index contributed by atoms with van der Waals surface area (Å²) in [6, 6.07) is 5.40. The molecular weight excluding hydrogens is 237 g/mol. The maximum absolute atomic E-state index is 14.0. The van der Waals surface area contributed by atoms with Crippen molar-refractivity contribution in [3.8, 4) is 11.8 Å². The number of benzene rings is 1. The first-order valence-corrected chi connectivity index (χ1v) is 6.87. The fourth-order valence-corrected chi connectivity index (χ4v) is 2.13. The molecule has 0 saturated carbocycles. The van der Waals surface area contributed by atoms with E-state index in [1.54, 1.807) is 12.1 Å². The number of halogens is 1. The second-order valence-electron chi connectivity index (χ2n) is 4.99. The summed E-state index contributed by atoms with van der Waals surface area (Å²) in [6.07, 6.45) is 4.99. The van der Waals surface area contributed by atoms with Gasteiger partial charge in [0.2, 0.25) is 0 Å². The molecule has 0 radical (unpaired) electrons. The monoisotopic (exact) mass is 257 g/mol. The second kappa shape index (κ2) is 6.54. The van der Waals surface area contributed by atoms with Gasteiger partial charge in [0.15, 0.2) is 0 Å². The van der Waals surface area contributed by atoms with E-state index < -0.39 is 0 Å². The van der Waals surface area contributed by atoms with Gasteiger partial charge in [0.05, 0.1) is 5.56 Å². The highest BCUT2D eigenvalue weighted by Crippen LogP contribution is 2.23. The van der Waals surface area contributed by atoms with Gasteiger partial charge in [-0.05, 0) is 43.2 Å². The maximum Gasteiger partial charge on any atom is 0.139 e. The maximum atomic E-state index is 14.0. The van der Waals surface area contributed by atoms with Gasteiger partial charge in [-0.15, -0.1) is 0 Å². The van der Waals surface area contributed by atoms with Crippen LogP contribution in [-0.2, 0) is 0 Å². The largest absolute Gasteiger partial charge is 0.302 e. The predicted molar refractivity (Wildman–Crippen MR) is 78.3 cm³/mol. The van der Waals surface area contributed by atoms with Crippen LogP contribution in [0, 0.1) is 17.7 Å². The molecule has 100 valence electrons. The quantitative estimate of drug-likeness (QED) is 0.730. The Morgan fingerprint density at radius 3 is 2.84 bits per heavy atom. The topological polar surface area (TPSA) is 3.24 Å². The summed E-state index contributed by atoms with van der Waals surface area (Å²) in [4.78, 5) is 2.25. The minimum atomic E-state index is -0.207. The summed E-state index contributed by atoms with van der Waals surface area (Å²) in [5.74, 6) is 5.68. The molecule has 0 bridgehead atoms. The van der Waals surface area contributed by atoms with Crippen LogP contribution in [0.15, 0.2) is 24.3 Å². The van der Waals surface area contributed by atoms with Gasteiger partial charge in [0.25, 0.3) is 0 Å².